The van der Waals surface area contributed by atoms with Gasteiger partial charge in [0.05, 0.1) is 29.3 Å². The molecule has 13 heteroatoms. The number of esters is 1. The van der Waals surface area contributed by atoms with Gasteiger partial charge in [-0.05, 0) is 24.3 Å². The predicted molar refractivity (Wildman–Crippen MR) is 119 cm³/mol. The molecule has 0 radical (unpaired) electrons. The molecule has 37 heavy (non-hydrogen) atoms. The Morgan fingerprint density at radius 2 is 1.84 bits per heavy atom. The van der Waals surface area contributed by atoms with Crippen LogP contribution in [0, 0.1) is 0 Å². The van der Waals surface area contributed by atoms with Crippen LogP contribution in [0.15, 0.2) is 60.9 Å². The fraction of sp³-hybridized carbons (Fsp3) is 0.250. The number of aromatic nitrogens is 3. The maximum atomic E-state index is 14.9. The molecule has 8 nitrogen and oxygen atoms in total. The number of hydrogen-bond acceptors (Lipinski definition) is 6. The van der Waals surface area contributed by atoms with Crippen LogP contribution in [-0.2, 0) is 4.79 Å². The minimum Gasteiger partial charge on any atom is -0.463 e. The number of amides is 1. The zero-order valence-corrected chi connectivity index (χ0v) is 18.8. The van der Waals surface area contributed by atoms with Crippen LogP contribution in [0.3, 0.4) is 0 Å². The average Bonchev–Trinajstić information content (AvgIpc) is 3.28. The highest BCUT2D eigenvalue weighted by Gasteiger charge is 2.48. The number of rotatable bonds is 4. The van der Waals surface area contributed by atoms with Gasteiger partial charge < -0.3 is 14.4 Å². The molecule has 1 aliphatic rings. The molecule has 1 aromatic carbocycles. The molecule has 0 spiro atoms. The van der Waals surface area contributed by atoms with Crippen molar-refractivity contribution < 1.29 is 41.0 Å². The summed E-state index contributed by atoms with van der Waals surface area (Å²) in [6.07, 6.45) is -5.15. The topological polar surface area (TPSA) is 86.0 Å². The minimum atomic E-state index is -5.34. The van der Waals surface area contributed by atoms with Crippen LogP contribution in [0.5, 0.6) is 11.6 Å². The van der Waals surface area contributed by atoms with E-state index in [9.17, 15) is 31.5 Å². The molecule has 1 amide bonds. The fourth-order valence-corrected chi connectivity index (χ4v) is 3.98. The van der Waals surface area contributed by atoms with Crippen LogP contribution < -0.4 is 9.47 Å². The highest BCUT2D eigenvalue weighted by atomic mass is 19.4. The number of carbonyl (C=O) groups is 2. The summed E-state index contributed by atoms with van der Waals surface area (Å²) in [6.45, 7) is -0.895. The zero-order chi connectivity index (χ0) is 26.4. The lowest BCUT2D eigenvalue weighted by atomic mass is 10.0. The number of hydrogen-bond donors (Lipinski definition) is 0. The van der Waals surface area contributed by atoms with E-state index in [-0.39, 0.29) is 17.6 Å². The monoisotopic (exact) mass is 520 g/mol. The molecule has 1 atom stereocenters. The molecule has 1 aliphatic heterocycles. The van der Waals surface area contributed by atoms with E-state index in [1.165, 1.54) is 22.8 Å². The Kier molecular flexibility index (Phi) is 5.92. The van der Waals surface area contributed by atoms with Gasteiger partial charge in [-0.25, -0.2) is 23.1 Å². The predicted octanol–water partition coefficient (Wildman–Crippen LogP) is 4.28. The summed E-state index contributed by atoms with van der Waals surface area (Å²) in [6, 6.07) is 12.2. The molecular formula is C24H17F5N4O4. The second-order valence-electron chi connectivity index (χ2n) is 8.33. The summed E-state index contributed by atoms with van der Waals surface area (Å²) >= 11 is 0. The first kappa shape index (κ1) is 24.4. The van der Waals surface area contributed by atoms with E-state index in [1.807, 2.05) is 0 Å². The molecule has 5 rings (SSSR count). The molecule has 0 bridgehead atoms. The van der Waals surface area contributed by atoms with Crippen molar-refractivity contribution in [3.8, 4) is 11.6 Å². The van der Waals surface area contributed by atoms with E-state index in [4.69, 9.17) is 4.74 Å². The molecule has 0 saturated carbocycles. The quantitative estimate of drug-likeness (QED) is 0.295. The van der Waals surface area contributed by atoms with Gasteiger partial charge >= 0.3 is 12.1 Å². The molecule has 3 aromatic heterocycles. The van der Waals surface area contributed by atoms with Crippen LogP contribution in [-0.4, -0.2) is 62.7 Å². The van der Waals surface area contributed by atoms with Gasteiger partial charge in [0, 0.05) is 24.5 Å². The summed E-state index contributed by atoms with van der Waals surface area (Å²) in [4.78, 5) is 29.8. The largest absolute Gasteiger partial charge is 0.491 e. The Hall–Kier alpha value is -4.29. The normalized spacial score (nSPS) is 17.6. The highest BCUT2D eigenvalue weighted by molar-refractivity contribution is 6.00. The van der Waals surface area contributed by atoms with Crippen molar-refractivity contribution in [3.63, 3.8) is 0 Å². The van der Waals surface area contributed by atoms with E-state index in [2.05, 4.69) is 14.8 Å². The van der Waals surface area contributed by atoms with E-state index >= 15 is 0 Å². The average molecular weight is 520 g/mol. The van der Waals surface area contributed by atoms with E-state index in [0.29, 0.717) is 10.9 Å². The van der Waals surface area contributed by atoms with E-state index in [0.717, 1.165) is 11.0 Å². The first-order chi connectivity index (χ1) is 17.5. The number of piperidine rings is 1. The van der Waals surface area contributed by atoms with Gasteiger partial charge in [-0.15, -0.1) is 0 Å². The van der Waals surface area contributed by atoms with Gasteiger partial charge in [0.15, 0.2) is 11.9 Å². The van der Waals surface area contributed by atoms with E-state index in [1.54, 1.807) is 36.5 Å². The van der Waals surface area contributed by atoms with Gasteiger partial charge in [0.25, 0.3) is 17.7 Å². The van der Waals surface area contributed by atoms with Gasteiger partial charge in [0.2, 0.25) is 0 Å². The second-order valence-corrected chi connectivity index (χ2v) is 8.33. The van der Waals surface area contributed by atoms with Gasteiger partial charge in [0.1, 0.15) is 0 Å². The van der Waals surface area contributed by atoms with Crippen molar-refractivity contribution in [1.82, 2.24) is 19.5 Å². The Morgan fingerprint density at radius 3 is 2.62 bits per heavy atom. The number of pyridine rings is 2. The SMILES string of the molecule is O=C(c1cnn2ccccc12)N1CCC(F)(F)[C@@H](Oc2nc3ccccc3cc2OC(=O)C(F)(F)F)C1. The Morgan fingerprint density at radius 1 is 1.08 bits per heavy atom. The first-order valence-electron chi connectivity index (χ1n) is 11.0. The molecule has 4 aromatic rings. The van der Waals surface area contributed by atoms with Crippen LogP contribution in [0.25, 0.3) is 16.4 Å². The van der Waals surface area contributed by atoms with Crippen molar-refractivity contribution in [3.05, 3.63) is 66.5 Å². The van der Waals surface area contributed by atoms with Crippen molar-refractivity contribution in [2.24, 2.45) is 0 Å². The molecule has 4 heterocycles. The van der Waals surface area contributed by atoms with Crippen LogP contribution in [0.1, 0.15) is 16.8 Å². The Labute approximate surface area is 205 Å². The van der Waals surface area contributed by atoms with Crippen LogP contribution >= 0.6 is 0 Å². The Bertz CT molecular complexity index is 1500. The number of ether oxygens (including phenoxy) is 2. The van der Waals surface area contributed by atoms with Crippen molar-refractivity contribution in [2.75, 3.05) is 13.1 Å². The smallest absolute Gasteiger partial charge is 0.463 e. The third kappa shape index (κ3) is 4.76. The van der Waals surface area contributed by atoms with Crippen LogP contribution in [0.4, 0.5) is 22.0 Å². The third-order valence-corrected chi connectivity index (χ3v) is 5.86. The lowest BCUT2D eigenvalue weighted by Crippen LogP contribution is -2.55. The molecule has 0 N–H and O–H groups in total. The summed E-state index contributed by atoms with van der Waals surface area (Å²) in [5.41, 5.74) is 0.871. The van der Waals surface area contributed by atoms with Gasteiger partial charge in [-0.3, -0.25) is 4.79 Å². The van der Waals surface area contributed by atoms with Gasteiger partial charge in [-0.2, -0.15) is 18.3 Å². The third-order valence-electron chi connectivity index (χ3n) is 5.86. The molecule has 0 aliphatic carbocycles. The lowest BCUT2D eigenvalue weighted by molar-refractivity contribution is -0.190. The Balaban J connectivity index is 1.46. The number of alkyl halides is 5. The summed E-state index contributed by atoms with van der Waals surface area (Å²) in [5, 5.41) is 4.37. The molecule has 1 saturated heterocycles. The van der Waals surface area contributed by atoms with Crippen molar-refractivity contribution >= 4 is 28.3 Å². The first-order valence-corrected chi connectivity index (χ1v) is 11.0. The summed E-state index contributed by atoms with van der Waals surface area (Å²) in [5.74, 6) is -8.10. The minimum absolute atomic E-state index is 0.188. The highest BCUT2D eigenvalue weighted by Crippen LogP contribution is 2.37. The molecular weight excluding hydrogens is 503 g/mol. The standard InChI is InChI=1S/C24H17F5N4O4/c25-23(26)8-10-32(21(34)15-12-30-33-9-4-3-7-17(15)33)13-19(23)37-20-18(36-22(35)24(27,28)29)11-14-5-1-2-6-16(14)31-20/h1-7,9,11-12,19H,8,10,13H2/t19-/m0/s1. The molecule has 1 fully saturated rings. The van der Waals surface area contributed by atoms with Crippen molar-refractivity contribution in [2.45, 2.75) is 24.6 Å². The number of fused-ring (bicyclic) bond motifs is 2. The maximum absolute atomic E-state index is 14.9. The number of halogens is 5. The number of para-hydroxylation sites is 1. The fourth-order valence-electron chi connectivity index (χ4n) is 3.98. The van der Waals surface area contributed by atoms with Gasteiger partial charge in [-0.1, -0.05) is 24.3 Å². The number of likely N-dealkylation sites (tertiary alicyclic amines) is 1. The van der Waals surface area contributed by atoms with E-state index < -0.39 is 54.7 Å². The molecule has 192 valence electrons. The lowest BCUT2D eigenvalue weighted by Gasteiger charge is -2.38. The summed E-state index contributed by atoms with van der Waals surface area (Å²) in [7, 11) is 0. The van der Waals surface area contributed by atoms with Crippen LogP contribution in [0.2, 0.25) is 0 Å². The second kappa shape index (κ2) is 8.98. The number of benzene rings is 1. The zero-order valence-electron chi connectivity index (χ0n) is 18.8. The number of carbonyl (C=O) groups excluding carboxylic acids is 2. The van der Waals surface area contributed by atoms with Crippen molar-refractivity contribution in [1.29, 1.82) is 0 Å². The maximum Gasteiger partial charge on any atom is 0.491 e. The number of nitrogens with zero attached hydrogens (tertiary/aromatic N) is 4. The molecule has 0 unspecified atom stereocenters. The summed E-state index contributed by atoms with van der Waals surface area (Å²) < 4.78 is 79.6.